The van der Waals surface area contributed by atoms with Crippen molar-refractivity contribution in [3.05, 3.63) is 35.4 Å². The van der Waals surface area contributed by atoms with E-state index in [-0.39, 0.29) is 11.3 Å². The van der Waals surface area contributed by atoms with Crippen molar-refractivity contribution in [2.75, 3.05) is 6.54 Å². The van der Waals surface area contributed by atoms with Gasteiger partial charge in [-0.15, -0.1) is 11.6 Å². The van der Waals surface area contributed by atoms with Crippen LogP contribution in [0.3, 0.4) is 0 Å². The summed E-state index contributed by atoms with van der Waals surface area (Å²) in [7, 11) is 0. The number of benzene rings is 1. The molecule has 1 unspecified atom stereocenters. The topological polar surface area (TPSA) is 29.1 Å². The van der Waals surface area contributed by atoms with Crippen molar-refractivity contribution in [2.45, 2.75) is 32.6 Å². The van der Waals surface area contributed by atoms with Crippen LogP contribution in [-0.4, -0.2) is 17.8 Å². The smallest absolute Gasteiger partial charge is 0.224 e. The third kappa shape index (κ3) is 5.22. The summed E-state index contributed by atoms with van der Waals surface area (Å²) in [5.74, 6) is 0.400. The van der Waals surface area contributed by atoms with Crippen LogP contribution >= 0.6 is 11.6 Å². The fourth-order valence-corrected chi connectivity index (χ4v) is 1.48. The molecule has 0 aromatic heterocycles. The largest absolute Gasteiger partial charge is 0.354 e. The summed E-state index contributed by atoms with van der Waals surface area (Å²) in [4.78, 5) is 11.7. The van der Waals surface area contributed by atoms with Crippen LogP contribution in [0.25, 0.3) is 0 Å². The number of hydrogen-bond donors (Lipinski definition) is 1. The number of nitrogens with one attached hydrogen (secondary N) is 1. The Bertz CT molecular complexity index is 359. The van der Waals surface area contributed by atoms with Crippen LogP contribution in [0.4, 0.5) is 0 Å². The maximum atomic E-state index is 11.7. The molecule has 0 saturated heterocycles. The average Bonchev–Trinajstić information content (AvgIpc) is 2.29. The minimum atomic E-state index is -0.00281. The number of hydrogen-bond acceptors (Lipinski definition) is 1. The second kappa shape index (κ2) is 6.65. The highest BCUT2D eigenvalue weighted by Gasteiger charge is 2.11. The zero-order valence-electron chi connectivity index (χ0n) is 10.7. The third-order valence-corrected chi connectivity index (χ3v) is 3.36. The molecule has 1 N–H and O–H groups in total. The van der Waals surface area contributed by atoms with E-state index in [4.69, 9.17) is 11.6 Å². The molecule has 0 radical (unpaired) electrons. The first kappa shape index (κ1) is 14.0. The summed E-state index contributed by atoms with van der Waals surface area (Å²) >= 11 is 6.07. The number of amides is 1. The number of rotatable bonds is 5. The van der Waals surface area contributed by atoms with Gasteiger partial charge < -0.3 is 5.32 Å². The normalized spacial score (nSPS) is 12.5. The lowest BCUT2D eigenvalue weighted by molar-refractivity contribution is -0.120. The summed E-state index contributed by atoms with van der Waals surface area (Å²) in [5.41, 5.74) is 2.23. The van der Waals surface area contributed by atoms with E-state index < -0.39 is 0 Å². The summed E-state index contributed by atoms with van der Waals surface area (Å²) in [5, 5.41) is 2.85. The fraction of sp³-hybridized carbons (Fsp3) is 0.500. The van der Waals surface area contributed by atoms with Crippen molar-refractivity contribution in [1.29, 1.82) is 0 Å². The Labute approximate surface area is 108 Å². The van der Waals surface area contributed by atoms with Gasteiger partial charge in [0.05, 0.1) is 11.8 Å². The molecule has 0 saturated carbocycles. The molecule has 0 fully saturated rings. The molecule has 0 heterocycles. The molecule has 0 aliphatic heterocycles. The lowest BCUT2D eigenvalue weighted by Gasteiger charge is -2.14. The number of aryl methyl sites for hydroxylation is 1. The highest BCUT2D eigenvalue weighted by Crippen LogP contribution is 2.08. The van der Waals surface area contributed by atoms with Gasteiger partial charge in [-0.25, -0.2) is 0 Å². The van der Waals surface area contributed by atoms with Crippen molar-refractivity contribution in [3.8, 4) is 0 Å². The number of halogens is 1. The minimum absolute atomic E-state index is 0.00281. The molecule has 0 aliphatic rings. The molecule has 3 heteroatoms. The number of carbonyl (C=O) groups excluding carboxylic acids is 1. The first-order valence-electron chi connectivity index (χ1n) is 5.95. The van der Waals surface area contributed by atoms with Crippen LogP contribution in [0.5, 0.6) is 0 Å². The Morgan fingerprint density at radius 1 is 1.29 bits per heavy atom. The van der Waals surface area contributed by atoms with Crippen LogP contribution in [0, 0.1) is 12.8 Å². The van der Waals surface area contributed by atoms with Gasteiger partial charge in [0.1, 0.15) is 0 Å². The molecular weight excluding hydrogens is 234 g/mol. The van der Waals surface area contributed by atoms with E-state index in [0.717, 1.165) is 5.56 Å². The van der Waals surface area contributed by atoms with Crippen LogP contribution in [0.1, 0.15) is 25.0 Å². The highest BCUT2D eigenvalue weighted by molar-refractivity contribution is 6.21. The second-order valence-electron chi connectivity index (χ2n) is 4.73. The molecule has 1 amide bonds. The Kier molecular flexibility index (Phi) is 5.49. The molecule has 2 nitrogen and oxygen atoms in total. The lowest BCUT2D eigenvalue weighted by atomic mass is 10.1. The monoisotopic (exact) mass is 253 g/mol. The Balaban J connectivity index is 2.37. The zero-order chi connectivity index (χ0) is 12.8. The van der Waals surface area contributed by atoms with Crippen LogP contribution in [0.15, 0.2) is 24.3 Å². The zero-order valence-corrected chi connectivity index (χ0v) is 11.4. The van der Waals surface area contributed by atoms with Crippen molar-refractivity contribution < 1.29 is 4.79 Å². The van der Waals surface area contributed by atoms with E-state index in [2.05, 4.69) is 5.32 Å². The second-order valence-corrected chi connectivity index (χ2v) is 5.29. The molecule has 1 aromatic rings. The van der Waals surface area contributed by atoms with E-state index in [1.165, 1.54) is 5.56 Å². The van der Waals surface area contributed by atoms with Gasteiger partial charge in [-0.2, -0.15) is 0 Å². The predicted molar refractivity (Wildman–Crippen MR) is 72.4 cm³/mol. The summed E-state index contributed by atoms with van der Waals surface area (Å²) in [6, 6.07) is 7.99. The Morgan fingerprint density at radius 3 is 2.41 bits per heavy atom. The van der Waals surface area contributed by atoms with E-state index in [0.29, 0.717) is 18.9 Å². The summed E-state index contributed by atoms with van der Waals surface area (Å²) in [6.45, 7) is 6.65. The summed E-state index contributed by atoms with van der Waals surface area (Å²) in [6.07, 6.45) is 0.419. The average molecular weight is 254 g/mol. The first-order chi connectivity index (χ1) is 7.99. The maximum Gasteiger partial charge on any atom is 0.224 e. The van der Waals surface area contributed by atoms with E-state index in [1.807, 2.05) is 45.0 Å². The molecule has 1 aromatic carbocycles. The molecule has 17 heavy (non-hydrogen) atoms. The van der Waals surface area contributed by atoms with E-state index >= 15 is 0 Å². The molecular formula is C14H20ClNO. The van der Waals surface area contributed by atoms with Gasteiger partial charge in [0.2, 0.25) is 5.91 Å². The van der Waals surface area contributed by atoms with Gasteiger partial charge in [0.25, 0.3) is 0 Å². The third-order valence-electron chi connectivity index (χ3n) is 2.70. The molecule has 1 rings (SSSR count). The Morgan fingerprint density at radius 2 is 1.88 bits per heavy atom. The minimum Gasteiger partial charge on any atom is -0.354 e. The van der Waals surface area contributed by atoms with Gasteiger partial charge >= 0.3 is 0 Å². The lowest BCUT2D eigenvalue weighted by Crippen LogP contribution is -2.32. The molecule has 0 aliphatic carbocycles. The van der Waals surface area contributed by atoms with Gasteiger partial charge in [0, 0.05) is 6.54 Å². The van der Waals surface area contributed by atoms with Crippen LogP contribution < -0.4 is 5.32 Å². The molecule has 94 valence electrons. The standard InChI is InChI=1S/C14H20ClNO/c1-10(2)13(15)9-16-14(17)8-12-6-4-11(3)5-7-12/h4-7,10,13H,8-9H2,1-3H3,(H,16,17). The molecule has 0 spiro atoms. The quantitative estimate of drug-likeness (QED) is 0.804. The van der Waals surface area contributed by atoms with Crippen molar-refractivity contribution in [2.24, 2.45) is 5.92 Å². The van der Waals surface area contributed by atoms with Gasteiger partial charge in [-0.1, -0.05) is 43.7 Å². The van der Waals surface area contributed by atoms with Gasteiger partial charge in [-0.05, 0) is 18.4 Å². The Hall–Kier alpha value is -1.02. The number of alkyl halides is 1. The highest BCUT2D eigenvalue weighted by atomic mass is 35.5. The summed E-state index contributed by atoms with van der Waals surface area (Å²) < 4.78 is 0. The van der Waals surface area contributed by atoms with E-state index in [1.54, 1.807) is 0 Å². The number of carbonyl (C=O) groups is 1. The first-order valence-corrected chi connectivity index (χ1v) is 6.39. The van der Waals surface area contributed by atoms with Crippen LogP contribution in [0.2, 0.25) is 0 Å². The van der Waals surface area contributed by atoms with Gasteiger partial charge in [0.15, 0.2) is 0 Å². The van der Waals surface area contributed by atoms with Gasteiger partial charge in [-0.3, -0.25) is 4.79 Å². The van der Waals surface area contributed by atoms with Crippen molar-refractivity contribution in [1.82, 2.24) is 5.32 Å². The predicted octanol–water partition coefficient (Wildman–Crippen LogP) is 2.92. The SMILES string of the molecule is Cc1ccc(CC(=O)NCC(Cl)C(C)C)cc1. The van der Waals surface area contributed by atoms with Crippen LogP contribution in [-0.2, 0) is 11.2 Å². The fourth-order valence-electron chi connectivity index (χ4n) is 1.40. The molecule has 0 bridgehead atoms. The van der Waals surface area contributed by atoms with Crippen molar-refractivity contribution >= 4 is 17.5 Å². The van der Waals surface area contributed by atoms with Crippen molar-refractivity contribution in [3.63, 3.8) is 0 Å². The van der Waals surface area contributed by atoms with E-state index in [9.17, 15) is 4.79 Å². The molecule has 1 atom stereocenters. The maximum absolute atomic E-state index is 11.7.